The van der Waals surface area contributed by atoms with Crippen molar-refractivity contribution >= 4 is 95.7 Å². The van der Waals surface area contributed by atoms with Gasteiger partial charge in [-0.25, -0.2) is 13.2 Å². The van der Waals surface area contributed by atoms with E-state index in [0.29, 0.717) is 17.5 Å². The maximum atomic E-state index is 13.9. The molecule has 1 amide bonds. The topological polar surface area (TPSA) is 130 Å². The zero-order valence-corrected chi connectivity index (χ0v) is 30.7. The summed E-state index contributed by atoms with van der Waals surface area (Å²) < 4.78 is 50.3. The second-order valence-electron chi connectivity index (χ2n) is 11.7. The van der Waals surface area contributed by atoms with E-state index in [1.807, 2.05) is 19.9 Å². The Balaban J connectivity index is 1.49. The van der Waals surface area contributed by atoms with Gasteiger partial charge in [-0.2, -0.15) is 0 Å². The normalized spacial score (nSPS) is 26.5. The highest BCUT2D eigenvalue weighted by atomic mass is 127. The van der Waals surface area contributed by atoms with Gasteiger partial charge in [0.2, 0.25) is 5.91 Å². The number of esters is 2. The average molecular weight is 932 g/mol. The first-order valence-electron chi connectivity index (χ1n) is 13.5. The van der Waals surface area contributed by atoms with E-state index in [-0.39, 0.29) is 46.0 Å². The van der Waals surface area contributed by atoms with E-state index < -0.39 is 45.9 Å². The summed E-state index contributed by atoms with van der Waals surface area (Å²) in [6.45, 7) is 8.88. The Morgan fingerprint density at radius 1 is 1.05 bits per heavy atom. The van der Waals surface area contributed by atoms with Gasteiger partial charge in [-0.15, -0.1) is 0 Å². The molecule has 1 saturated heterocycles. The molecule has 2 aromatic carbocycles. The van der Waals surface area contributed by atoms with Gasteiger partial charge in [-0.3, -0.25) is 9.59 Å². The van der Waals surface area contributed by atoms with Crippen molar-refractivity contribution in [1.82, 2.24) is 4.90 Å². The summed E-state index contributed by atoms with van der Waals surface area (Å²) in [4.78, 5) is 42.5. The SMILES string of the molecule is Cc1cc(S(=O)(=O)[O-])c(C(C)C)cc1OC(=O)C1C2CC3C1C(=O)N(C(C)C)C3C2OC(=O)c1cc(I)cc(I)c1I. The molecule has 2 aliphatic carbocycles. The van der Waals surface area contributed by atoms with Crippen LogP contribution in [0.3, 0.4) is 0 Å². The van der Waals surface area contributed by atoms with Gasteiger partial charge >= 0.3 is 11.9 Å². The average Bonchev–Trinajstić information content (AvgIpc) is 3.49. The Morgan fingerprint density at radius 2 is 1.71 bits per heavy atom. The molecule has 3 fully saturated rings. The Kier molecular flexibility index (Phi) is 9.02. The summed E-state index contributed by atoms with van der Waals surface area (Å²) in [5, 5.41) is 0. The fourth-order valence-electron chi connectivity index (χ4n) is 6.95. The molecule has 6 atom stereocenters. The van der Waals surface area contributed by atoms with E-state index in [1.54, 1.807) is 31.7 Å². The van der Waals surface area contributed by atoms with E-state index in [0.717, 1.165) is 10.7 Å². The number of nitrogens with zero attached hydrogens (tertiary/aromatic N) is 1. The first kappa shape index (κ1) is 32.3. The number of hydrogen-bond donors (Lipinski definition) is 0. The molecule has 2 bridgehead atoms. The summed E-state index contributed by atoms with van der Waals surface area (Å²) >= 11 is 6.46. The fourth-order valence-corrected chi connectivity index (χ4v) is 10.2. The number of halogens is 3. The summed E-state index contributed by atoms with van der Waals surface area (Å²) in [6.07, 6.45) is -0.135. The molecule has 0 radical (unpaired) electrons. The Hall–Kier alpha value is -1.05. The van der Waals surface area contributed by atoms with E-state index in [4.69, 9.17) is 9.47 Å². The molecule has 2 aromatic rings. The van der Waals surface area contributed by atoms with Crippen LogP contribution in [0.15, 0.2) is 29.2 Å². The molecule has 1 heterocycles. The second kappa shape index (κ2) is 11.7. The molecule has 0 N–H and O–H groups in total. The van der Waals surface area contributed by atoms with Crippen LogP contribution in [0.2, 0.25) is 0 Å². The van der Waals surface area contributed by atoms with Gasteiger partial charge in [0.1, 0.15) is 22.0 Å². The van der Waals surface area contributed by atoms with Gasteiger partial charge in [-0.1, -0.05) is 13.8 Å². The highest BCUT2D eigenvalue weighted by Crippen LogP contribution is 2.60. The molecular formula is C29H29I3NO8S-. The third-order valence-electron chi connectivity index (χ3n) is 8.61. The molecule has 42 heavy (non-hydrogen) atoms. The number of likely N-dealkylation sites (tertiary alicyclic amines) is 1. The van der Waals surface area contributed by atoms with Crippen molar-refractivity contribution < 1.29 is 36.8 Å². The zero-order chi connectivity index (χ0) is 31.0. The number of benzene rings is 2. The van der Waals surface area contributed by atoms with E-state index >= 15 is 0 Å². The molecule has 226 valence electrons. The Morgan fingerprint density at radius 3 is 2.31 bits per heavy atom. The fraction of sp³-hybridized carbons (Fsp3) is 0.483. The number of ether oxygens (including phenoxy) is 2. The maximum Gasteiger partial charge on any atom is 0.339 e. The van der Waals surface area contributed by atoms with Gasteiger partial charge < -0.3 is 18.9 Å². The van der Waals surface area contributed by atoms with Crippen LogP contribution in [-0.4, -0.2) is 53.9 Å². The quantitative estimate of drug-likeness (QED) is 0.118. The number of amides is 1. The smallest absolute Gasteiger partial charge is 0.339 e. The molecule has 0 aromatic heterocycles. The molecule has 13 heteroatoms. The number of aryl methyl sites for hydroxylation is 1. The summed E-state index contributed by atoms with van der Waals surface area (Å²) in [6, 6.07) is 5.92. The molecule has 2 saturated carbocycles. The predicted molar refractivity (Wildman–Crippen MR) is 177 cm³/mol. The molecule has 9 nitrogen and oxygen atoms in total. The summed E-state index contributed by atoms with van der Waals surface area (Å²) in [5.74, 6) is -3.44. The molecular weight excluding hydrogens is 903 g/mol. The van der Waals surface area contributed by atoms with Crippen LogP contribution >= 0.6 is 67.8 Å². The summed E-state index contributed by atoms with van der Waals surface area (Å²) in [7, 11) is -4.74. The maximum absolute atomic E-state index is 13.9. The van der Waals surface area contributed by atoms with E-state index in [2.05, 4.69) is 67.8 Å². The van der Waals surface area contributed by atoms with Gasteiger partial charge in [0.05, 0.1) is 28.3 Å². The minimum atomic E-state index is -4.74. The minimum Gasteiger partial charge on any atom is -0.744 e. The lowest BCUT2D eigenvalue weighted by Gasteiger charge is -2.35. The molecule has 1 aliphatic heterocycles. The van der Waals surface area contributed by atoms with Crippen LogP contribution in [0.4, 0.5) is 0 Å². The first-order chi connectivity index (χ1) is 19.5. The largest absolute Gasteiger partial charge is 0.744 e. The first-order valence-corrected chi connectivity index (χ1v) is 18.2. The molecule has 3 aliphatic rings. The van der Waals surface area contributed by atoms with Crippen molar-refractivity contribution in [2.75, 3.05) is 0 Å². The highest BCUT2D eigenvalue weighted by molar-refractivity contribution is 14.1. The van der Waals surface area contributed by atoms with Crippen LogP contribution in [0.5, 0.6) is 5.75 Å². The standard InChI is InChI=1S/C29H30I3NO8S/c1-11(2)15-10-20(13(5)6-21(15)42(37,38)39)40-29(36)23-17-9-16-22(23)27(34)33(12(3)4)25(16)26(17)41-28(35)18-7-14(30)8-19(31)24(18)32/h6-8,10-12,16-17,22-23,25-26H,9H2,1-5H3,(H,37,38,39)/p-1. The van der Waals surface area contributed by atoms with Crippen LogP contribution in [0, 0.1) is 41.3 Å². The Bertz CT molecular complexity index is 1610. The minimum absolute atomic E-state index is 0.137. The van der Waals surface area contributed by atoms with Crippen molar-refractivity contribution in [2.24, 2.45) is 23.7 Å². The summed E-state index contributed by atoms with van der Waals surface area (Å²) in [5.41, 5.74) is 1.01. The zero-order valence-electron chi connectivity index (χ0n) is 23.4. The lowest BCUT2D eigenvalue weighted by molar-refractivity contribution is -0.147. The van der Waals surface area contributed by atoms with Gasteiger partial charge in [0.15, 0.2) is 0 Å². The number of hydrogen-bond acceptors (Lipinski definition) is 8. The van der Waals surface area contributed by atoms with Crippen LogP contribution in [0.1, 0.15) is 61.5 Å². The van der Waals surface area contributed by atoms with Crippen LogP contribution in [-0.2, 0) is 24.4 Å². The third kappa shape index (κ3) is 5.50. The van der Waals surface area contributed by atoms with Gasteiger partial charge in [0.25, 0.3) is 0 Å². The lowest BCUT2D eigenvalue weighted by atomic mass is 9.78. The van der Waals surface area contributed by atoms with Gasteiger partial charge in [-0.05, 0) is 142 Å². The van der Waals surface area contributed by atoms with Crippen LogP contribution < -0.4 is 4.74 Å². The third-order valence-corrected chi connectivity index (χ3v) is 13.2. The van der Waals surface area contributed by atoms with Crippen molar-refractivity contribution in [3.05, 3.63) is 51.7 Å². The van der Waals surface area contributed by atoms with E-state index in [1.165, 1.54) is 12.1 Å². The number of rotatable bonds is 7. The molecule has 5 rings (SSSR count). The second-order valence-corrected chi connectivity index (χ2v) is 16.6. The highest BCUT2D eigenvalue weighted by Gasteiger charge is 2.71. The van der Waals surface area contributed by atoms with Crippen molar-refractivity contribution in [1.29, 1.82) is 0 Å². The van der Waals surface area contributed by atoms with E-state index in [9.17, 15) is 27.4 Å². The molecule has 0 spiro atoms. The Labute approximate surface area is 286 Å². The molecule has 6 unspecified atom stereocenters. The number of fused-ring (bicyclic) bond motifs is 1. The monoisotopic (exact) mass is 932 g/mol. The van der Waals surface area contributed by atoms with Crippen molar-refractivity contribution in [3.8, 4) is 5.75 Å². The number of carbonyl (C=O) groups excluding carboxylic acids is 3. The van der Waals surface area contributed by atoms with Gasteiger partial charge in [0, 0.05) is 22.7 Å². The van der Waals surface area contributed by atoms with Crippen molar-refractivity contribution in [2.45, 2.75) is 70.0 Å². The lowest BCUT2D eigenvalue weighted by Crippen LogP contribution is -2.48. The van der Waals surface area contributed by atoms with Crippen molar-refractivity contribution in [3.63, 3.8) is 0 Å². The van der Waals surface area contributed by atoms with Crippen LogP contribution in [0.25, 0.3) is 0 Å². The number of carbonyl (C=O) groups is 3. The predicted octanol–water partition coefficient (Wildman–Crippen LogP) is 5.47.